The topological polar surface area (TPSA) is 53.0 Å². The Labute approximate surface area is 136 Å². The molecular weight excluding hydrogens is 354 g/mol. The second kappa shape index (κ2) is 7.45. The average molecular weight is 371 g/mol. The highest BCUT2D eigenvalue weighted by Gasteiger charge is 2.23. The predicted molar refractivity (Wildman–Crippen MR) is 89.1 cm³/mol. The quantitative estimate of drug-likeness (QED) is 0.331. The molecule has 0 heterocycles. The molecule has 0 bridgehead atoms. The van der Waals surface area contributed by atoms with Gasteiger partial charge in [0.1, 0.15) is 5.82 Å². The summed E-state index contributed by atoms with van der Waals surface area (Å²) in [5, 5.41) is 10.2. The Hall–Kier alpha value is -1.82. The number of nitrogens with one attached hydrogen (secondary N) is 2. The fourth-order valence-corrected chi connectivity index (χ4v) is 2.66. The summed E-state index contributed by atoms with van der Waals surface area (Å²) in [6.07, 6.45) is 2.10. The van der Waals surface area contributed by atoms with Gasteiger partial charge in [-0.15, -0.1) is 0 Å². The zero-order chi connectivity index (χ0) is 17.0. The number of Topliss-reactive ketones (excluding diaryl/α,β-unsaturated/α-hetero) is 1. The molecular formula is C16H17BrF2N2O. The smallest absolute Gasteiger partial charge is 0.197 e. The molecule has 0 fully saturated rings. The minimum absolute atomic E-state index is 0.0905. The molecule has 0 saturated carbocycles. The van der Waals surface area contributed by atoms with Gasteiger partial charge in [0.15, 0.2) is 5.78 Å². The number of benzene rings is 1. The highest BCUT2D eigenvalue weighted by atomic mass is 79.9. The molecule has 1 rings (SSSR count). The van der Waals surface area contributed by atoms with Gasteiger partial charge in [0, 0.05) is 34.6 Å². The summed E-state index contributed by atoms with van der Waals surface area (Å²) < 4.78 is 27.7. The number of halogens is 3. The number of rotatable bonds is 5. The maximum absolute atomic E-state index is 14.3. The lowest BCUT2D eigenvalue weighted by Crippen LogP contribution is -2.10. The Morgan fingerprint density at radius 1 is 1.36 bits per heavy atom. The molecule has 0 aliphatic rings. The van der Waals surface area contributed by atoms with Gasteiger partial charge in [-0.2, -0.15) is 0 Å². The summed E-state index contributed by atoms with van der Waals surface area (Å²) in [6, 6.07) is 1.15. The van der Waals surface area contributed by atoms with Crippen molar-refractivity contribution in [2.75, 3.05) is 12.4 Å². The van der Waals surface area contributed by atoms with Crippen LogP contribution in [0.3, 0.4) is 0 Å². The van der Waals surface area contributed by atoms with E-state index in [0.29, 0.717) is 16.8 Å². The van der Waals surface area contributed by atoms with E-state index >= 15 is 0 Å². The monoisotopic (exact) mass is 370 g/mol. The van der Waals surface area contributed by atoms with Crippen molar-refractivity contribution in [3.8, 4) is 0 Å². The zero-order valence-electron chi connectivity index (χ0n) is 12.8. The van der Waals surface area contributed by atoms with Gasteiger partial charge in [-0.3, -0.25) is 4.79 Å². The standard InChI is InChI=1S/C16H17BrF2N2O/c1-8(2)10(5-9(3)18)16(22)14-12(19)6-13(21-4)11(7-20)15(14)17/h5-7,20-21H,1-4H3/b9-5+,20-7?. The molecule has 2 N–H and O–H groups in total. The molecule has 0 amide bonds. The molecule has 0 saturated heterocycles. The van der Waals surface area contributed by atoms with Gasteiger partial charge in [-0.1, -0.05) is 5.57 Å². The van der Waals surface area contributed by atoms with Crippen molar-refractivity contribution >= 4 is 33.6 Å². The molecule has 6 heteroatoms. The van der Waals surface area contributed by atoms with Gasteiger partial charge in [0.05, 0.1) is 11.4 Å². The first kappa shape index (κ1) is 18.2. The number of allylic oxidation sites excluding steroid dienone is 4. The van der Waals surface area contributed by atoms with Crippen molar-refractivity contribution < 1.29 is 13.6 Å². The molecule has 0 aromatic heterocycles. The fraction of sp³-hybridized carbons (Fsp3) is 0.250. The van der Waals surface area contributed by atoms with E-state index < -0.39 is 17.4 Å². The van der Waals surface area contributed by atoms with Crippen molar-refractivity contribution in [2.45, 2.75) is 20.8 Å². The van der Waals surface area contributed by atoms with E-state index in [4.69, 9.17) is 5.41 Å². The highest BCUT2D eigenvalue weighted by Crippen LogP contribution is 2.32. The zero-order valence-corrected chi connectivity index (χ0v) is 14.4. The molecule has 0 aliphatic heterocycles. The van der Waals surface area contributed by atoms with Crippen LogP contribution >= 0.6 is 15.9 Å². The van der Waals surface area contributed by atoms with Crippen molar-refractivity contribution in [2.24, 2.45) is 0 Å². The lowest BCUT2D eigenvalue weighted by atomic mass is 9.96. The van der Waals surface area contributed by atoms with E-state index in [1.807, 2.05) is 0 Å². The summed E-state index contributed by atoms with van der Waals surface area (Å²) in [5.41, 5.74) is 1.18. The third kappa shape index (κ3) is 3.68. The van der Waals surface area contributed by atoms with E-state index in [1.54, 1.807) is 20.9 Å². The second-order valence-corrected chi connectivity index (χ2v) is 5.67. The predicted octanol–water partition coefficient (Wildman–Crippen LogP) is 5.02. The normalized spacial score (nSPS) is 11.1. The summed E-state index contributed by atoms with van der Waals surface area (Å²) in [5.74, 6) is -1.91. The summed E-state index contributed by atoms with van der Waals surface area (Å²) in [4.78, 5) is 12.6. The lowest BCUT2D eigenvalue weighted by molar-refractivity contribution is 0.103. The average Bonchev–Trinajstić information content (AvgIpc) is 2.43. The summed E-state index contributed by atoms with van der Waals surface area (Å²) in [7, 11) is 1.59. The van der Waals surface area contributed by atoms with Crippen molar-refractivity contribution in [3.05, 3.63) is 50.5 Å². The molecule has 118 valence electrons. The van der Waals surface area contributed by atoms with E-state index in [2.05, 4.69) is 21.2 Å². The van der Waals surface area contributed by atoms with Crippen LogP contribution in [0.5, 0.6) is 0 Å². The lowest BCUT2D eigenvalue weighted by Gasteiger charge is -2.14. The molecule has 0 radical (unpaired) electrons. The Kier molecular flexibility index (Phi) is 6.17. The molecule has 3 nitrogen and oxygen atoms in total. The van der Waals surface area contributed by atoms with Gasteiger partial charge in [-0.25, -0.2) is 8.78 Å². The number of hydrogen-bond donors (Lipinski definition) is 2. The van der Waals surface area contributed by atoms with Crippen LogP contribution in [-0.4, -0.2) is 19.0 Å². The number of anilines is 1. The minimum atomic E-state index is -0.740. The van der Waals surface area contributed by atoms with E-state index in [9.17, 15) is 13.6 Å². The Morgan fingerprint density at radius 3 is 2.36 bits per heavy atom. The fourth-order valence-electron chi connectivity index (χ4n) is 1.96. The molecule has 1 aromatic carbocycles. The first-order chi connectivity index (χ1) is 10.2. The van der Waals surface area contributed by atoms with Crippen LogP contribution in [0, 0.1) is 11.2 Å². The Morgan fingerprint density at radius 2 is 1.95 bits per heavy atom. The Bertz CT molecular complexity index is 686. The van der Waals surface area contributed by atoms with Gasteiger partial charge in [0.2, 0.25) is 0 Å². The maximum atomic E-state index is 14.3. The third-order valence-electron chi connectivity index (χ3n) is 3.02. The SMILES string of the molecule is CNc1cc(F)c(C(=O)C(/C=C(\C)F)=C(C)C)c(Br)c1C=N. The van der Waals surface area contributed by atoms with Crippen molar-refractivity contribution in [1.29, 1.82) is 5.41 Å². The summed E-state index contributed by atoms with van der Waals surface area (Å²) >= 11 is 3.18. The number of carbonyl (C=O) groups is 1. The van der Waals surface area contributed by atoms with Gasteiger partial charge in [-0.05, 0) is 48.8 Å². The van der Waals surface area contributed by atoms with Crippen LogP contribution in [0.1, 0.15) is 36.7 Å². The van der Waals surface area contributed by atoms with Crippen LogP contribution in [0.15, 0.2) is 33.6 Å². The van der Waals surface area contributed by atoms with Gasteiger partial charge < -0.3 is 10.7 Å². The second-order valence-electron chi connectivity index (χ2n) is 4.88. The first-order valence-corrected chi connectivity index (χ1v) is 7.30. The van der Waals surface area contributed by atoms with Crippen LogP contribution in [0.25, 0.3) is 0 Å². The number of hydrogen-bond acceptors (Lipinski definition) is 3. The third-order valence-corrected chi connectivity index (χ3v) is 3.85. The van der Waals surface area contributed by atoms with E-state index in [0.717, 1.165) is 18.4 Å². The highest BCUT2D eigenvalue weighted by molar-refractivity contribution is 9.10. The molecule has 0 aliphatic carbocycles. The van der Waals surface area contributed by atoms with Crippen LogP contribution in [0.2, 0.25) is 0 Å². The van der Waals surface area contributed by atoms with Crippen LogP contribution < -0.4 is 5.32 Å². The van der Waals surface area contributed by atoms with Crippen molar-refractivity contribution in [1.82, 2.24) is 0 Å². The number of ketones is 1. The minimum Gasteiger partial charge on any atom is -0.387 e. The maximum Gasteiger partial charge on any atom is 0.197 e. The Balaban J connectivity index is 3.63. The van der Waals surface area contributed by atoms with Crippen LogP contribution in [0.4, 0.5) is 14.5 Å². The molecule has 0 unspecified atom stereocenters. The molecule has 22 heavy (non-hydrogen) atoms. The van der Waals surface area contributed by atoms with Gasteiger partial charge >= 0.3 is 0 Å². The largest absolute Gasteiger partial charge is 0.387 e. The van der Waals surface area contributed by atoms with E-state index in [1.165, 1.54) is 6.92 Å². The summed E-state index contributed by atoms with van der Waals surface area (Å²) in [6.45, 7) is 4.52. The number of carbonyl (C=O) groups excluding carboxylic acids is 1. The first-order valence-electron chi connectivity index (χ1n) is 6.50. The van der Waals surface area contributed by atoms with E-state index in [-0.39, 0.29) is 15.6 Å². The molecule has 0 atom stereocenters. The molecule has 0 spiro atoms. The van der Waals surface area contributed by atoms with Gasteiger partial charge in [0.25, 0.3) is 0 Å². The van der Waals surface area contributed by atoms with Crippen molar-refractivity contribution in [3.63, 3.8) is 0 Å². The van der Waals surface area contributed by atoms with Crippen LogP contribution in [-0.2, 0) is 0 Å². The molecule has 1 aromatic rings.